The zero-order valence-electron chi connectivity index (χ0n) is 10.5. The van der Waals surface area contributed by atoms with Crippen LogP contribution in [0.4, 0.5) is 5.69 Å². The Morgan fingerprint density at radius 2 is 2.00 bits per heavy atom. The van der Waals surface area contributed by atoms with E-state index < -0.39 is 0 Å². The Morgan fingerprint density at radius 1 is 1.26 bits per heavy atom. The smallest absolute Gasteiger partial charge is 0.257 e. The zero-order valence-corrected chi connectivity index (χ0v) is 12.0. The van der Waals surface area contributed by atoms with Gasteiger partial charge in [0.15, 0.2) is 0 Å². The summed E-state index contributed by atoms with van der Waals surface area (Å²) in [4.78, 5) is 15.9. The number of pyridine rings is 1. The molecule has 1 amide bonds. The van der Waals surface area contributed by atoms with Crippen molar-refractivity contribution < 1.29 is 4.79 Å². The average Bonchev–Trinajstić information content (AvgIpc) is 2.38. The van der Waals surface area contributed by atoms with E-state index in [4.69, 9.17) is 23.2 Å². The van der Waals surface area contributed by atoms with Crippen LogP contribution in [0.3, 0.4) is 0 Å². The molecule has 0 aliphatic rings. The van der Waals surface area contributed by atoms with E-state index in [9.17, 15) is 4.79 Å². The van der Waals surface area contributed by atoms with Crippen LogP contribution in [0.5, 0.6) is 0 Å². The molecular formula is C14H12Cl2N2O. The van der Waals surface area contributed by atoms with Gasteiger partial charge in [-0.25, -0.2) is 4.98 Å². The minimum atomic E-state index is -0.264. The van der Waals surface area contributed by atoms with Gasteiger partial charge >= 0.3 is 0 Å². The number of carbonyl (C=O) groups is 1. The van der Waals surface area contributed by atoms with Gasteiger partial charge in [-0.3, -0.25) is 4.79 Å². The first-order chi connectivity index (χ1) is 8.99. The lowest BCUT2D eigenvalue weighted by molar-refractivity contribution is 0.102. The highest BCUT2D eigenvalue weighted by atomic mass is 35.5. The monoisotopic (exact) mass is 294 g/mol. The molecule has 0 spiro atoms. The average molecular weight is 295 g/mol. The fraction of sp³-hybridized carbons (Fsp3) is 0.143. The molecule has 0 aliphatic carbocycles. The van der Waals surface area contributed by atoms with E-state index in [0.717, 1.165) is 16.8 Å². The number of aryl methyl sites for hydroxylation is 1. The Kier molecular flexibility index (Phi) is 4.08. The normalized spacial score (nSPS) is 10.3. The lowest BCUT2D eigenvalue weighted by atomic mass is 10.1. The van der Waals surface area contributed by atoms with Crippen LogP contribution >= 0.6 is 23.2 Å². The summed E-state index contributed by atoms with van der Waals surface area (Å²) >= 11 is 11.6. The molecule has 5 heteroatoms. The Balaban J connectivity index is 2.26. The van der Waals surface area contributed by atoms with Gasteiger partial charge in [0.2, 0.25) is 0 Å². The molecule has 19 heavy (non-hydrogen) atoms. The largest absolute Gasteiger partial charge is 0.322 e. The molecule has 0 atom stereocenters. The van der Waals surface area contributed by atoms with Gasteiger partial charge in [-0.05, 0) is 37.1 Å². The predicted molar refractivity (Wildman–Crippen MR) is 78.1 cm³/mol. The molecule has 0 saturated heterocycles. The van der Waals surface area contributed by atoms with Crippen LogP contribution in [-0.2, 0) is 0 Å². The molecular weight excluding hydrogens is 283 g/mol. The van der Waals surface area contributed by atoms with Gasteiger partial charge in [-0.1, -0.05) is 35.3 Å². The lowest BCUT2D eigenvalue weighted by Crippen LogP contribution is -2.13. The maximum absolute atomic E-state index is 12.1. The molecule has 1 aromatic heterocycles. The van der Waals surface area contributed by atoms with Crippen LogP contribution in [0, 0.1) is 13.8 Å². The quantitative estimate of drug-likeness (QED) is 0.841. The summed E-state index contributed by atoms with van der Waals surface area (Å²) in [6, 6.07) is 7.24. The maximum Gasteiger partial charge on any atom is 0.257 e. The van der Waals surface area contributed by atoms with E-state index >= 15 is 0 Å². The summed E-state index contributed by atoms with van der Waals surface area (Å²) in [6.07, 6.45) is 1.40. The Morgan fingerprint density at radius 3 is 2.68 bits per heavy atom. The highest BCUT2D eigenvalue weighted by molar-refractivity contribution is 6.41. The zero-order chi connectivity index (χ0) is 14.0. The summed E-state index contributed by atoms with van der Waals surface area (Å²) in [5, 5.41) is 3.28. The van der Waals surface area contributed by atoms with Gasteiger partial charge in [0.05, 0.1) is 10.6 Å². The topological polar surface area (TPSA) is 42.0 Å². The van der Waals surface area contributed by atoms with Crippen LogP contribution in [0.1, 0.15) is 21.5 Å². The van der Waals surface area contributed by atoms with Crippen molar-refractivity contribution in [3.63, 3.8) is 0 Å². The van der Waals surface area contributed by atoms with Crippen LogP contribution in [0.25, 0.3) is 0 Å². The first kappa shape index (κ1) is 13.8. The highest BCUT2D eigenvalue weighted by Crippen LogP contribution is 2.22. The number of rotatable bonds is 2. The molecule has 2 rings (SSSR count). The molecule has 1 heterocycles. The summed E-state index contributed by atoms with van der Waals surface area (Å²) < 4.78 is 0. The number of nitrogens with one attached hydrogen (secondary N) is 1. The second kappa shape index (κ2) is 5.59. The number of aromatic nitrogens is 1. The van der Waals surface area contributed by atoms with Crippen molar-refractivity contribution in [2.75, 3.05) is 5.32 Å². The molecule has 0 aliphatic heterocycles. The van der Waals surface area contributed by atoms with Gasteiger partial charge in [0.1, 0.15) is 5.15 Å². The molecule has 0 radical (unpaired) electrons. The number of amides is 1. The Hall–Kier alpha value is -1.58. The van der Waals surface area contributed by atoms with E-state index in [-0.39, 0.29) is 16.1 Å². The first-order valence-corrected chi connectivity index (χ1v) is 6.43. The van der Waals surface area contributed by atoms with E-state index in [1.807, 2.05) is 32.0 Å². The van der Waals surface area contributed by atoms with E-state index in [1.165, 1.54) is 12.3 Å². The van der Waals surface area contributed by atoms with Gasteiger partial charge in [-0.2, -0.15) is 0 Å². The van der Waals surface area contributed by atoms with Gasteiger partial charge in [-0.15, -0.1) is 0 Å². The number of hydrogen-bond acceptors (Lipinski definition) is 2. The summed E-state index contributed by atoms with van der Waals surface area (Å²) in [7, 11) is 0. The molecule has 1 N–H and O–H groups in total. The molecule has 0 saturated carbocycles. The number of carbonyl (C=O) groups excluding carboxylic acids is 1. The van der Waals surface area contributed by atoms with Crippen LogP contribution in [-0.4, -0.2) is 10.9 Å². The number of anilines is 1. The molecule has 0 unspecified atom stereocenters. The van der Waals surface area contributed by atoms with Crippen molar-refractivity contribution in [2.24, 2.45) is 0 Å². The summed E-state index contributed by atoms with van der Waals surface area (Å²) in [6.45, 7) is 3.95. The second-order valence-electron chi connectivity index (χ2n) is 4.20. The molecule has 0 fully saturated rings. The third kappa shape index (κ3) is 3.06. The minimum Gasteiger partial charge on any atom is -0.322 e. The van der Waals surface area contributed by atoms with E-state index in [2.05, 4.69) is 10.3 Å². The number of nitrogens with zero attached hydrogens (tertiary/aromatic N) is 1. The highest BCUT2D eigenvalue weighted by Gasteiger charge is 2.11. The predicted octanol–water partition coefficient (Wildman–Crippen LogP) is 4.26. The third-order valence-corrected chi connectivity index (χ3v) is 3.60. The Labute approximate surface area is 121 Å². The molecule has 3 nitrogen and oxygen atoms in total. The minimum absolute atomic E-state index is 0.185. The van der Waals surface area contributed by atoms with E-state index in [1.54, 1.807) is 0 Å². The first-order valence-electron chi connectivity index (χ1n) is 5.67. The summed E-state index contributed by atoms with van der Waals surface area (Å²) in [5.41, 5.74) is 3.29. The standard InChI is InChI=1S/C14H12Cl2N2O/c1-8-4-3-5-12(9(8)2)18-14(19)10-6-11(15)13(16)17-7-10/h3-7H,1-2H3,(H,18,19). The number of hydrogen-bond donors (Lipinski definition) is 1. The van der Waals surface area contributed by atoms with E-state index in [0.29, 0.717) is 5.56 Å². The molecule has 2 aromatic rings. The SMILES string of the molecule is Cc1cccc(NC(=O)c2cnc(Cl)c(Cl)c2)c1C. The third-order valence-electron chi connectivity index (χ3n) is 2.91. The van der Waals surface area contributed by atoms with Crippen molar-refractivity contribution in [2.45, 2.75) is 13.8 Å². The summed E-state index contributed by atoms with van der Waals surface area (Å²) in [5.74, 6) is -0.264. The fourth-order valence-electron chi connectivity index (χ4n) is 1.63. The van der Waals surface area contributed by atoms with Gasteiger partial charge in [0.25, 0.3) is 5.91 Å². The van der Waals surface area contributed by atoms with Crippen molar-refractivity contribution in [1.29, 1.82) is 0 Å². The van der Waals surface area contributed by atoms with Crippen LogP contribution in [0.15, 0.2) is 30.5 Å². The number of halogens is 2. The molecule has 0 bridgehead atoms. The van der Waals surface area contributed by atoms with Crippen LogP contribution in [0.2, 0.25) is 10.2 Å². The molecule has 98 valence electrons. The van der Waals surface area contributed by atoms with Crippen molar-refractivity contribution in [1.82, 2.24) is 4.98 Å². The van der Waals surface area contributed by atoms with Gasteiger partial charge < -0.3 is 5.32 Å². The maximum atomic E-state index is 12.1. The van der Waals surface area contributed by atoms with Gasteiger partial charge in [0, 0.05) is 11.9 Å². The van der Waals surface area contributed by atoms with Crippen molar-refractivity contribution in [3.8, 4) is 0 Å². The lowest BCUT2D eigenvalue weighted by Gasteiger charge is -2.10. The Bertz CT molecular complexity index is 641. The second-order valence-corrected chi connectivity index (χ2v) is 4.96. The van der Waals surface area contributed by atoms with Crippen LogP contribution < -0.4 is 5.32 Å². The number of benzene rings is 1. The molecule has 1 aromatic carbocycles. The van der Waals surface area contributed by atoms with Crippen molar-refractivity contribution >= 4 is 34.8 Å². The van der Waals surface area contributed by atoms with Crippen molar-refractivity contribution in [3.05, 3.63) is 57.3 Å². The fourth-order valence-corrected chi connectivity index (χ4v) is 1.90.